The second kappa shape index (κ2) is 5.25. The van der Waals surface area contributed by atoms with Crippen LogP contribution in [0.1, 0.15) is 31.7 Å². The fourth-order valence-corrected chi connectivity index (χ4v) is 3.13. The van der Waals surface area contributed by atoms with Gasteiger partial charge < -0.3 is 9.84 Å². The van der Waals surface area contributed by atoms with Crippen LogP contribution in [0.3, 0.4) is 0 Å². The van der Waals surface area contributed by atoms with E-state index in [4.69, 9.17) is 4.74 Å². The van der Waals surface area contributed by atoms with Crippen molar-refractivity contribution >= 4 is 21.9 Å². The van der Waals surface area contributed by atoms with E-state index < -0.39 is 11.4 Å². The molecule has 2 unspecified atom stereocenters. The van der Waals surface area contributed by atoms with Gasteiger partial charge in [0.25, 0.3) is 0 Å². The van der Waals surface area contributed by atoms with Gasteiger partial charge in [-0.15, -0.1) is 0 Å². The number of hydrogen-bond donors (Lipinski definition) is 1. The fraction of sp³-hybridized carbons (Fsp3) is 0.692. The Hall–Kier alpha value is -0.880. The van der Waals surface area contributed by atoms with Gasteiger partial charge in [-0.2, -0.15) is 5.10 Å². The van der Waals surface area contributed by atoms with E-state index >= 15 is 0 Å². The van der Waals surface area contributed by atoms with Crippen molar-refractivity contribution in [2.75, 3.05) is 6.61 Å². The first kappa shape index (κ1) is 14.5. The predicted octanol–water partition coefficient (Wildman–Crippen LogP) is 2.40. The minimum atomic E-state index is -0.845. The molecule has 0 spiro atoms. The van der Waals surface area contributed by atoms with Gasteiger partial charge in [0.1, 0.15) is 5.41 Å². The first-order valence-electron chi connectivity index (χ1n) is 6.49. The number of hydrogen-bond acceptors (Lipinski definition) is 3. The molecule has 0 aliphatic carbocycles. The molecule has 2 heterocycles. The summed E-state index contributed by atoms with van der Waals surface area (Å²) in [7, 11) is 0. The highest BCUT2D eigenvalue weighted by atomic mass is 79.9. The largest absolute Gasteiger partial charge is 0.481 e. The smallest absolute Gasteiger partial charge is 0.312 e. The molecule has 1 aliphatic heterocycles. The summed E-state index contributed by atoms with van der Waals surface area (Å²) in [4.78, 5) is 11.7. The van der Waals surface area contributed by atoms with Gasteiger partial charge in [0.2, 0.25) is 0 Å². The van der Waals surface area contributed by atoms with Gasteiger partial charge in [0, 0.05) is 19.6 Å². The minimum Gasteiger partial charge on any atom is -0.481 e. The fourth-order valence-electron chi connectivity index (χ4n) is 2.71. The maximum absolute atomic E-state index is 11.7. The topological polar surface area (TPSA) is 64.4 Å². The SMILES string of the molecule is CCn1nc(C)c(Br)c1CC1(C(=O)O)CCOC1C. The van der Waals surface area contributed by atoms with E-state index in [0.29, 0.717) is 19.4 Å². The zero-order valence-electron chi connectivity index (χ0n) is 11.4. The van der Waals surface area contributed by atoms with Crippen molar-refractivity contribution in [3.8, 4) is 0 Å². The van der Waals surface area contributed by atoms with Crippen LogP contribution in [0.5, 0.6) is 0 Å². The molecular weight excluding hydrogens is 312 g/mol. The van der Waals surface area contributed by atoms with Crippen LogP contribution in [0.4, 0.5) is 0 Å². The second-order valence-corrected chi connectivity index (χ2v) is 5.86. The van der Waals surface area contributed by atoms with Crippen LogP contribution >= 0.6 is 15.9 Å². The van der Waals surface area contributed by atoms with E-state index in [1.165, 1.54) is 0 Å². The van der Waals surface area contributed by atoms with Gasteiger partial charge in [-0.25, -0.2) is 0 Å². The van der Waals surface area contributed by atoms with Crippen LogP contribution in [0.25, 0.3) is 0 Å². The number of aryl methyl sites for hydroxylation is 2. The third kappa shape index (κ3) is 2.31. The summed E-state index contributed by atoms with van der Waals surface area (Å²) in [6.45, 7) is 7.00. The molecular formula is C13H19BrN2O3. The maximum Gasteiger partial charge on any atom is 0.312 e. The molecule has 1 saturated heterocycles. The summed E-state index contributed by atoms with van der Waals surface area (Å²) in [6, 6.07) is 0. The molecule has 1 aliphatic rings. The average molecular weight is 331 g/mol. The molecule has 0 amide bonds. The Balaban J connectivity index is 2.41. The molecule has 19 heavy (non-hydrogen) atoms. The van der Waals surface area contributed by atoms with Gasteiger partial charge in [0.05, 0.1) is 22.0 Å². The lowest BCUT2D eigenvalue weighted by Crippen LogP contribution is -2.40. The summed E-state index contributed by atoms with van der Waals surface area (Å²) in [6.07, 6.45) is 0.709. The van der Waals surface area contributed by atoms with E-state index in [1.54, 1.807) is 0 Å². The van der Waals surface area contributed by atoms with Crippen LogP contribution in [0, 0.1) is 12.3 Å². The Bertz CT molecular complexity index is 500. The number of carbonyl (C=O) groups is 1. The van der Waals surface area contributed by atoms with E-state index in [0.717, 1.165) is 22.4 Å². The van der Waals surface area contributed by atoms with Crippen molar-refractivity contribution < 1.29 is 14.6 Å². The second-order valence-electron chi connectivity index (χ2n) is 5.06. The molecule has 0 radical (unpaired) electrons. The Kier molecular flexibility index (Phi) is 4.01. The molecule has 6 heteroatoms. The molecule has 1 aromatic rings. The van der Waals surface area contributed by atoms with Gasteiger partial charge in [-0.1, -0.05) is 0 Å². The standard InChI is InChI=1S/C13H19BrN2O3/c1-4-16-10(11(14)8(2)15-16)7-13(12(17)18)5-6-19-9(13)3/h9H,4-7H2,1-3H3,(H,17,18). The summed E-state index contributed by atoms with van der Waals surface area (Å²) in [5, 5.41) is 14.1. The molecule has 1 N–H and O–H groups in total. The van der Waals surface area contributed by atoms with Crippen molar-refractivity contribution in [2.24, 2.45) is 5.41 Å². The van der Waals surface area contributed by atoms with Crippen LogP contribution in [0.15, 0.2) is 4.47 Å². The number of halogens is 1. The van der Waals surface area contributed by atoms with E-state index in [9.17, 15) is 9.90 Å². The van der Waals surface area contributed by atoms with Gasteiger partial charge >= 0.3 is 5.97 Å². The van der Waals surface area contributed by atoms with Crippen LogP contribution in [-0.2, 0) is 22.5 Å². The lowest BCUT2D eigenvalue weighted by molar-refractivity contribution is -0.152. The van der Waals surface area contributed by atoms with Crippen LogP contribution in [-0.4, -0.2) is 33.6 Å². The molecule has 2 atom stereocenters. The highest BCUT2D eigenvalue weighted by molar-refractivity contribution is 9.10. The summed E-state index contributed by atoms with van der Waals surface area (Å²) in [5.41, 5.74) is 0.991. The molecule has 2 rings (SSSR count). The number of ether oxygens (including phenoxy) is 1. The third-order valence-corrected chi connectivity index (χ3v) is 5.09. The number of aromatic nitrogens is 2. The molecule has 0 aromatic carbocycles. The van der Waals surface area contributed by atoms with Crippen molar-refractivity contribution in [1.29, 1.82) is 0 Å². The highest BCUT2D eigenvalue weighted by Gasteiger charge is 2.49. The quantitative estimate of drug-likeness (QED) is 0.920. The predicted molar refractivity (Wildman–Crippen MR) is 74.1 cm³/mol. The number of rotatable bonds is 4. The van der Waals surface area contributed by atoms with Crippen LogP contribution in [0.2, 0.25) is 0 Å². The lowest BCUT2D eigenvalue weighted by atomic mass is 9.77. The molecule has 5 nitrogen and oxygen atoms in total. The van der Waals surface area contributed by atoms with Gasteiger partial charge in [-0.05, 0) is 43.1 Å². The van der Waals surface area contributed by atoms with Crippen LogP contribution < -0.4 is 0 Å². The monoisotopic (exact) mass is 330 g/mol. The van der Waals surface area contributed by atoms with Gasteiger partial charge in [-0.3, -0.25) is 9.48 Å². The molecule has 1 aromatic heterocycles. The highest BCUT2D eigenvalue weighted by Crippen LogP contribution is 2.40. The maximum atomic E-state index is 11.7. The Labute approximate surface area is 121 Å². The molecule has 0 saturated carbocycles. The number of aliphatic carboxylic acids is 1. The number of carboxylic acid groups (broad SMARTS) is 1. The summed E-state index contributed by atoms with van der Waals surface area (Å²) >= 11 is 3.53. The van der Waals surface area contributed by atoms with Crippen molar-refractivity contribution in [2.45, 2.75) is 46.3 Å². The Morgan fingerprint density at radius 1 is 1.68 bits per heavy atom. The summed E-state index contributed by atoms with van der Waals surface area (Å²) < 4.78 is 8.28. The molecule has 106 valence electrons. The Morgan fingerprint density at radius 2 is 2.37 bits per heavy atom. The van der Waals surface area contributed by atoms with Crippen molar-refractivity contribution in [3.05, 3.63) is 15.9 Å². The number of carboxylic acids is 1. The first-order chi connectivity index (χ1) is 8.92. The molecule has 1 fully saturated rings. The minimum absolute atomic E-state index is 0.280. The van der Waals surface area contributed by atoms with E-state index in [-0.39, 0.29) is 6.10 Å². The normalized spacial score (nSPS) is 26.8. The lowest BCUT2D eigenvalue weighted by Gasteiger charge is -2.27. The Morgan fingerprint density at radius 3 is 2.84 bits per heavy atom. The zero-order valence-corrected chi connectivity index (χ0v) is 13.0. The number of nitrogens with zero attached hydrogens (tertiary/aromatic N) is 2. The average Bonchev–Trinajstić information content (AvgIpc) is 2.86. The molecule has 0 bridgehead atoms. The van der Waals surface area contributed by atoms with E-state index in [1.807, 2.05) is 25.5 Å². The third-order valence-electron chi connectivity index (χ3n) is 4.06. The van der Waals surface area contributed by atoms with Crippen molar-refractivity contribution in [1.82, 2.24) is 9.78 Å². The first-order valence-corrected chi connectivity index (χ1v) is 7.28. The van der Waals surface area contributed by atoms with E-state index in [2.05, 4.69) is 21.0 Å². The summed E-state index contributed by atoms with van der Waals surface area (Å²) in [5.74, 6) is -0.786. The zero-order chi connectivity index (χ0) is 14.2. The van der Waals surface area contributed by atoms with Gasteiger partial charge in [0.15, 0.2) is 0 Å². The van der Waals surface area contributed by atoms with Crippen molar-refractivity contribution in [3.63, 3.8) is 0 Å².